The van der Waals surface area contributed by atoms with E-state index in [1.165, 1.54) is 0 Å². The quantitative estimate of drug-likeness (QED) is 0.809. The molecule has 1 amide bonds. The van der Waals surface area contributed by atoms with E-state index in [1.54, 1.807) is 11.1 Å². The number of fused-ring (bicyclic) bond motifs is 1. The summed E-state index contributed by atoms with van der Waals surface area (Å²) < 4.78 is 6.51. The van der Waals surface area contributed by atoms with Gasteiger partial charge >= 0.3 is 6.09 Å². The lowest BCUT2D eigenvalue weighted by Crippen LogP contribution is -2.44. The van der Waals surface area contributed by atoms with Gasteiger partial charge in [0.25, 0.3) is 0 Å². The molecule has 134 valence electrons. The topological polar surface area (TPSA) is 67.1 Å². The van der Waals surface area contributed by atoms with E-state index >= 15 is 0 Å². The minimum absolute atomic E-state index is 0.0644. The largest absolute Gasteiger partial charge is 0.444 e. The SMILES string of the molecule is CC(C)(C)OC(=O)N1CCC[C@@H](N=c2c3ccccc3ccn2O)C1. The van der Waals surface area contributed by atoms with Gasteiger partial charge in [-0.1, -0.05) is 24.3 Å². The maximum absolute atomic E-state index is 12.3. The number of piperidine rings is 1. The molecule has 0 radical (unpaired) electrons. The molecule has 0 bridgehead atoms. The van der Waals surface area contributed by atoms with Crippen LogP contribution in [-0.2, 0) is 4.74 Å². The van der Waals surface area contributed by atoms with E-state index in [0.29, 0.717) is 18.6 Å². The maximum Gasteiger partial charge on any atom is 0.410 e. The summed E-state index contributed by atoms with van der Waals surface area (Å²) in [5.41, 5.74) is 0.0133. The Morgan fingerprint density at radius 1 is 1.28 bits per heavy atom. The maximum atomic E-state index is 12.3. The lowest BCUT2D eigenvalue weighted by Gasteiger charge is -2.32. The predicted octanol–water partition coefficient (Wildman–Crippen LogP) is 3.18. The second-order valence-corrected chi connectivity index (χ2v) is 7.42. The number of rotatable bonds is 1. The van der Waals surface area contributed by atoms with Gasteiger partial charge in [0.1, 0.15) is 5.60 Å². The second-order valence-electron chi connectivity index (χ2n) is 7.42. The monoisotopic (exact) mass is 343 g/mol. The number of carbonyl (C=O) groups is 1. The highest BCUT2D eigenvalue weighted by Gasteiger charge is 2.27. The van der Waals surface area contributed by atoms with Crippen molar-refractivity contribution in [2.75, 3.05) is 13.1 Å². The van der Waals surface area contributed by atoms with Gasteiger partial charge < -0.3 is 14.8 Å². The van der Waals surface area contributed by atoms with Gasteiger partial charge in [0, 0.05) is 24.7 Å². The fourth-order valence-corrected chi connectivity index (χ4v) is 3.04. The highest BCUT2D eigenvalue weighted by Crippen LogP contribution is 2.17. The zero-order chi connectivity index (χ0) is 18.0. The number of carbonyl (C=O) groups excluding carboxylic acids is 1. The first-order chi connectivity index (χ1) is 11.8. The molecule has 0 aliphatic carbocycles. The highest BCUT2D eigenvalue weighted by atomic mass is 16.6. The van der Waals surface area contributed by atoms with Crippen LogP contribution in [0.1, 0.15) is 33.6 Å². The van der Waals surface area contributed by atoms with Crippen molar-refractivity contribution < 1.29 is 14.7 Å². The fourth-order valence-electron chi connectivity index (χ4n) is 3.04. The predicted molar refractivity (Wildman–Crippen MR) is 95.5 cm³/mol. The summed E-state index contributed by atoms with van der Waals surface area (Å²) >= 11 is 0. The molecule has 1 aliphatic rings. The molecular weight excluding hydrogens is 318 g/mol. The molecule has 1 saturated heterocycles. The third-order valence-corrected chi connectivity index (χ3v) is 4.17. The fraction of sp³-hybridized carbons (Fsp3) is 0.474. The van der Waals surface area contributed by atoms with E-state index in [1.807, 2.05) is 51.1 Å². The molecule has 1 fully saturated rings. The van der Waals surface area contributed by atoms with Crippen LogP contribution in [0.2, 0.25) is 0 Å². The van der Waals surface area contributed by atoms with Gasteiger partial charge in [0.15, 0.2) is 5.49 Å². The lowest BCUT2D eigenvalue weighted by molar-refractivity contribution is 0.0199. The number of amides is 1. The Morgan fingerprint density at radius 2 is 2.04 bits per heavy atom. The number of nitrogens with zero attached hydrogens (tertiary/aromatic N) is 3. The van der Waals surface area contributed by atoms with Crippen LogP contribution in [0.5, 0.6) is 0 Å². The Labute approximate surface area is 147 Å². The molecule has 1 atom stereocenters. The van der Waals surface area contributed by atoms with Crippen LogP contribution >= 0.6 is 0 Å². The second kappa shape index (κ2) is 6.78. The van der Waals surface area contributed by atoms with Crippen molar-refractivity contribution in [2.45, 2.75) is 45.3 Å². The highest BCUT2D eigenvalue weighted by molar-refractivity contribution is 5.80. The summed E-state index contributed by atoms with van der Waals surface area (Å²) in [5.74, 6) is 0. The van der Waals surface area contributed by atoms with Crippen LogP contribution in [0.3, 0.4) is 0 Å². The minimum Gasteiger partial charge on any atom is -0.444 e. The number of pyridine rings is 1. The van der Waals surface area contributed by atoms with Crippen LogP contribution in [0, 0.1) is 0 Å². The van der Waals surface area contributed by atoms with Crippen molar-refractivity contribution in [2.24, 2.45) is 4.99 Å². The van der Waals surface area contributed by atoms with Gasteiger partial charge in [0.05, 0.1) is 6.04 Å². The molecule has 1 aromatic heterocycles. The molecule has 2 aromatic rings. The number of benzene rings is 1. The van der Waals surface area contributed by atoms with Gasteiger partial charge in [-0.2, -0.15) is 4.73 Å². The molecule has 0 unspecified atom stereocenters. The first-order valence-corrected chi connectivity index (χ1v) is 8.65. The van der Waals surface area contributed by atoms with Gasteiger partial charge in [-0.15, -0.1) is 0 Å². The summed E-state index contributed by atoms with van der Waals surface area (Å²) in [6.07, 6.45) is 3.03. The van der Waals surface area contributed by atoms with Crippen LogP contribution in [0.25, 0.3) is 10.8 Å². The zero-order valence-corrected chi connectivity index (χ0v) is 15.0. The number of aromatic nitrogens is 1. The van der Waals surface area contributed by atoms with Crippen LogP contribution in [0.4, 0.5) is 4.79 Å². The molecule has 1 aliphatic heterocycles. The van der Waals surface area contributed by atoms with Gasteiger partial charge in [-0.05, 0) is 45.1 Å². The van der Waals surface area contributed by atoms with Gasteiger partial charge in [-0.25, -0.2) is 4.79 Å². The molecule has 6 heteroatoms. The summed E-state index contributed by atoms with van der Waals surface area (Å²) in [4.78, 5) is 18.7. The van der Waals surface area contributed by atoms with Crippen LogP contribution in [0.15, 0.2) is 41.5 Å². The Balaban J connectivity index is 1.87. The molecule has 2 heterocycles. The van der Waals surface area contributed by atoms with Gasteiger partial charge in [-0.3, -0.25) is 4.99 Å². The standard InChI is InChI=1S/C19H25N3O3/c1-19(2,3)25-18(23)21-11-6-8-15(13-21)20-17-16-9-5-4-7-14(16)10-12-22(17)24/h4-5,7,9-10,12,15,24H,6,8,11,13H2,1-3H3/t15-/m1/s1. The van der Waals surface area contributed by atoms with E-state index < -0.39 is 5.60 Å². The van der Waals surface area contributed by atoms with Crippen molar-refractivity contribution in [1.29, 1.82) is 0 Å². The van der Waals surface area contributed by atoms with E-state index in [2.05, 4.69) is 0 Å². The van der Waals surface area contributed by atoms with Crippen molar-refractivity contribution in [3.8, 4) is 0 Å². The van der Waals surface area contributed by atoms with Crippen molar-refractivity contribution in [3.63, 3.8) is 0 Å². The molecule has 1 N–H and O–H groups in total. The average Bonchev–Trinajstić information content (AvgIpc) is 2.56. The smallest absolute Gasteiger partial charge is 0.410 e. The third-order valence-electron chi connectivity index (χ3n) is 4.17. The minimum atomic E-state index is -0.509. The molecule has 0 spiro atoms. The van der Waals surface area contributed by atoms with E-state index in [4.69, 9.17) is 9.73 Å². The lowest BCUT2D eigenvalue weighted by atomic mass is 10.1. The number of ether oxygens (including phenoxy) is 1. The van der Waals surface area contributed by atoms with E-state index in [0.717, 1.165) is 28.3 Å². The first-order valence-electron chi connectivity index (χ1n) is 8.65. The molecule has 6 nitrogen and oxygen atoms in total. The average molecular weight is 343 g/mol. The number of hydrogen-bond donors (Lipinski definition) is 1. The molecule has 1 aromatic carbocycles. The van der Waals surface area contributed by atoms with Crippen LogP contribution in [-0.4, -0.2) is 45.7 Å². The van der Waals surface area contributed by atoms with Gasteiger partial charge in [0.2, 0.25) is 0 Å². The number of hydrogen-bond acceptors (Lipinski definition) is 4. The third kappa shape index (κ3) is 4.13. The zero-order valence-electron chi connectivity index (χ0n) is 15.0. The Bertz CT molecular complexity index is 836. The molecule has 25 heavy (non-hydrogen) atoms. The van der Waals surface area contributed by atoms with E-state index in [-0.39, 0.29) is 12.1 Å². The number of likely N-dealkylation sites (tertiary alicyclic amines) is 1. The normalized spacial score (nSPS) is 19.2. The van der Waals surface area contributed by atoms with E-state index in [9.17, 15) is 10.0 Å². The summed E-state index contributed by atoms with van der Waals surface area (Å²) in [6.45, 7) is 6.76. The summed E-state index contributed by atoms with van der Waals surface area (Å²) in [5, 5.41) is 12.1. The van der Waals surface area contributed by atoms with Crippen LogP contribution < -0.4 is 5.49 Å². The van der Waals surface area contributed by atoms with Crippen molar-refractivity contribution in [3.05, 3.63) is 42.0 Å². The first kappa shape index (κ1) is 17.3. The van der Waals surface area contributed by atoms with Crippen molar-refractivity contribution >= 4 is 16.9 Å². The Hall–Kier alpha value is -2.50. The molecule has 0 saturated carbocycles. The molecular formula is C19H25N3O3. The van der Waals surface area contributed by atoms with Crippen molar-refractivity contribution in [1.82, 2.24) is 9.63 Å². The molecule has 3 rings (SSSR count). The Kier molecular flexibility index (Phi) is 4.70. The Morgan fingerprint density at radius 3 is 2.80 bits per heavy atom. The summed E-state index contributed by atoms with van der Waals surface area (Å²) in [6, 6.07) is 9.60. The summed E-state index contributed by atoms with van der Waals surface area (Å²) in [7, 11) is 0.